The lowest BCUT2D eigenvalue weighted by atomic mass is 10.1. The van der Waals surface area contributed by atoms with Gasteiger partial charge in [-0.25, -0.2) is 0 Å². The van der Waals surface area contributed by atoms with Crippen LogP contribution in [0.2, 0.25) is 0 Å². The van der Waals surface area contributed by atoms with Crippen LogP contribution in [-0.4, -0.2) is 134 Å². The zero-order chi connectivity index (χ0) is 37.7. The molecule has 0 rings (SSSR count). The molecule has 21 nitrogen and oxygen atoms in total. The Morgan fingerprint density at radius 3 is 1.20 bits per heavy atom. The molecule has 0 aromatic heterocycles. The van der Waals surface area contributed by atoms with Gasteiger partial charge in [0.25, 0.3) is 0 Å². The monoisotopic (exact) mass is 722 g/mol. The molecule has 0 radical (unpaired) electrons. The molecule has 0 bridgehead atoms. The second kappa shape index (κ2) is 23.4. The summed E-state index contributed by atoms with van der Waals surface area (Å²) in [5, 5.41) is 56.3. The van der Waals surface area contributed by atoms with Gasteiger partial charge in [0.1, 0.15) is 24.2 Å². The lowest BCUT2D eigenvalue weighted by molar-refractivity contribution is -0.140. The van der Waals surface area contributed by atoms with Gasteiger partial charge in [0, 0.05) is 25.8 Å². The van der Waals surface area contributed by atoms with E-state index in [-0.39, 0.29) is 18.7 Å². The molecule has 5 amide bonds. The van der Waals surface area contributed by atoms with E-state index in [1.54, 1.807) is 6.26 Å². The Morgan fingerprint density at radius 1 is 0.510 bits per heavy atom. The van der Waals surface area contributed by atoms with E-state index in [9.17, 15) is 53.1 Å². The number of thioether (sulfide) groups is 1. The average molecular weight is 723 g/mol. The van der Waals surface area contributed by atoms with Crippen LogP contribution < -0.4 is 32.3 Å². The molecule has 22 heteroatoms. The maximum absolute atomic E-state index is 13.4. The van der Waals surface area contributed by atoms with Crippen LogP contribution in [-0.2, 0) is 47.9 Å². The van der Waals surface area contributed by atoms with Crippen molar-refractivity contribution in [3.8, 4) is 0 Å². The summed E-state index contributed by atoms with van der Waals surface area (Å²) in [5.74, 6) is -11.7. The second-order valence-electron chi connectivity index (χ2n) is 10.5. The summed E-state index contributed by atoms with van der Waals surface area (Å²) in [5.41, 5.74) is 5.53. The number of aliphatic carboxylic acids is 5. The molecule has 0 spiro atoms. The quantitative estimate of drug-likeness (QED) is 0.0416. The number of nitrogens with two attached hydrogens (primary N) is 1. The summed E-state index contributed by atoms with van der Waals surface area (Å²) in [6.45, 7) is -0.358. The summed E-state index contributed by atoms with van der Waals surface area (Å²) >= 11 is 1.25. The van der Waals surface area contributed by atoms with E-state index in [1.165, 1.54) is 11.8 Å². The van der Waals surface area contributed by atoms with Gasteiger partial charge in [-0.15, -0.1) is 0 Å². The van der Waals surface area contributed by atoms with Gasteiger partial charge in [0.2, 0.25) is 29.5 Å². The van der Waals surface area contributed by atoms with Crippen LogP contribution in [0.3, 0.4) is 0 Å². The van der Waals surface area contributed by atoms with Gasteiger partial charge in [0.05, 0.1) is 18.9 Å². The number of hydrogen-bond donors (Lipinski definition) is 11. The number of hydrogen-bond acceptors (Lipinski definition) is 12. The smallest absolute Gasteiger partial charge is 0.305 e. The lowest BCUT2D eigenvalue weighted by Gasteiger charge is -2.26. The number of carboxylic acid groups (broad SMARTS) is 5. The molecular formula is C27H42N6O15S. The Morgan fingerprint density at radius 2 is 0.857 bits per heavy atom. The van der Waals surface area contributed by atoms with E-state index in [0.29, 0.717) is 0 Å². The van der Waals surface area contributed by atoms with Crippen molar-refractivity contribution in [1.29, 1.82) is 0 Å². The Hall–Kier alpha value is -4.99. The van der Waals surface area contributed by atoms with E-state index < -0.39 is 141 Å². The predicted octanol–water partition coefficient (Wildman–Crippen LogP) is -3.33. The lowest BCUT2D eigenvalue weighted by Crippen LogP contribution is -2.59. The first-order valence-corrected chi connectivity index (χ1v) is 16.1. The van der Waals surface area contributed by atoms with Crippen LogP contribution in [0.1, 0.15) is 57.8 Å². The van der Waals surface area contributed by atoms with Crippen molar-refractivity contribution < 1.29 is 73.5 Å². The first-order chi connectivity index (χ1) is 22.9. The third-order valence-electron chi connectivity index (χ3n) is 6.45. The topological polar surface area (TPSA) is 358 Å². The maximum atomic E-state index is 13.4. The third kappa shape index (κ3) is 20.1. The van der Waals surface area contributed by atoms with Crippen molar-refractivity contribution in [3.63, 3.8) is 0 Å². The second-order valence-corrected chi connectivity index (χ2v) is 11.4. The van der Waals surface area contributed by atoms with Crippen LogP contribution in [0.15, 0.2) is 0 Å². The number of amides is 5. The van der Waals surface area contributed by atoms with Crippen molar-refractivity contribution in [2.75, 3.05) is 18.6 Å². The fraction of sp³-hybridized carbons (Fsp3) is 0.630. The molecule has 49 heavy (non-hydrogen) atoms. The van der Waals surface area contributed by atoms with Crippen LogP contribution in [0.4, 0.5) is 0 Å². The van der Waals surface area contributed by atoms with Gasteiger partial charge in [-0.05, 0) is 37.7 Å². The van der Waals surface area contributed by atoms with Gasteiger partial charge >= 0.3 is 29.8 Å². The minimum absolute atomic E-state index is 0.0860. The van der Waals surface area contributed by atoms with Crippen molar-refractivity contribution in [2.24, 2.45) is 5.73 Å². The van der Waals surface area contributed by atoms with E-state index in [2.05, 4.69) is 26.6 Å². The molecule has 0 saturated heterocycles. The van der Waals surface area contributed by atoms with Crippen LogP contribution >= 0.6 is 11.8 Å². The van der Waals surface area contributed by atoms with E-state index >= 15 is 0 Å². The SMILES string of the molecule is CSCC[C@H](NC(=O)[C@H](CCC(=O)O)NC(=O)[C@@H](N)CC(=O)O)C(=O)N[C@@H](CCC(=O)O)C(=O)N[C@@H](CCC(=O)O)C(=O)NCCC(=O)O. The molecular weight excluding hydrogens is 680 g/mol. The number of carboxylic acids is 5. The Kier molecular flexibility index (Phi) is 21.0. The van der Waals surface area contributed by atoms with Crippen molar-refractivity contribution in [1.82, 2.24) is 26.6 Å². The summed E-state index contributed by atoms with van der Waals surface area (Å²) < 4.78 is 0. The molecule has 0 fully saturated rings. The standard InChI is InChI=1S/C27H42N6O15S/c1-49-11-9-17(33-25(46)15(3-6-19(36)37)30-23(44)13(28)12-22(42)43)27(48)32-16(4-7-20(38)39)26(47)31-14(2-5-18(34)35)24(45)29-10-8-21(40)41/h13-17H,2-12,28H2,1H3,(H,29,45)(H,30,44)(H,31,47)(H,32,48)(H,33,46)(H,34,35)(H,36,37)(H,38,39)(H,40,41)(H,42,43)/t13-,14-,15-,16-,17-/m0/s1. The Bertz CT molecular complexity index is 1230. The van der Waals surface area contributed by atoms with Gasteiger partial charge in [-0.1, -0.05) is 0 Å². The van der Waals surface area contributed by atoms with Crippen molar-refractivity contribution in [3.05, 3.63) is 0 Å². The highest BCUT2D eigenvalue weighted by Crippen LogP contribution is 2.08. The van der Waals surface area contributed by atoms with E-state index in [1.807, 2.05) is 0 Å². The number of rotatable bonds is 26. The maximum Gasteiger partial charge on any atom is 0.305 e. The molecule has 0 aliphatic rings. The first kappa shape index (κ1) is 44.0. The highest BCUT2D eigenvalue weighted by molar-refractivity contribution is 7.98. The molecule has 0 aliphatic heterocycles. The van der Waals surface area contributed by atoms with Gasteiger partial charge < -0.3 is 57.9 Å². The van der Waals surface area contributed by atoms with Gasteiger partial charge in [-0.3, -0.25) is 47.9 Å². The largest absolute Gasteiger partial charge is 0.481 e. The van der Waals surface area contributed by atoms with E-state index in [4.69, 9.17) is 26.2 Å². The van der Waals surface area contributed by atoms with Crippen LogP contribution in [0.5, 0.6) is 0 Å². The van der Waals surface area contributed by atoms with E-state index in [0.717, 1.165) is 0 Å². The molecule has 0 heterocycles. The Labute approximate surface area is 283 Å². The fourth-order valence-electron chi connectivity index (χ4n) is 3.91. The minimum Gasteiger partial charge on any atom is -0.481 e. The molecule has 0 saturated carbocycles. The number of nitrogens with one attached hydrogen (secondary N) is 5. The molecule has 0 unspecified atom stereocenters. The number of carbonyl (C=O) groups is 10. The molecule has 0 aromatic rings. The molecule has 0 aliphatic carbocycles. The predicted molar refractivity (Wildman–Crippen MR) is 167 cm³/mol. The highest BCUT2D eigenvalue weighted by Gasteiger charge is 2.32. The van der Waals surface area contributed by atoms with Gasteiger partial charge in [-0.2, -0.15) is 11.8 Å². The van der Waals surface area contributed by atoms with Crippen LogP contribution in [0, 0.1) is 0 Å². The third-order valence-corrected chi connectivity index (χ3v) is 7.10. The normalized spacial score (nSPS) is 13.7. The average Bonchev–Trinajstić information content (AvgIpc) is 2.99. The molecule has 12 N–H and O–H groups in total. The van der Waals surface area contributed by atoms with Crippen LogP contribution in [0.25, 0.3) is 0 Å². The zero-order valence-corrected chi connectivity index (χ0v) is 27.3. The van der Waals surface area contributed by atoms with Gasteiger partial charge in [0.15, 0.2) is 0 Å². The summed E-state index contributed by atoms with van der Waals surface area (Å²) in [6.07, 6.45) is -3.07. The van der Waals surface area contributed by atoms with Crippen molar-refractivity contribution in [2.45, 2.75) is 88.0 Å². The minimum atomic E-state index is -1.65. The van der Waals surface area contributed by atoms with Crippen molar-refractivity contribution >= 4 is 71.1 Å². The highest BCUT2D eigenvalue weighted by atomic mass is 32.2. The first-order valence-electron chi connectivity index (χ1n) is 14.7. The molecule has 5 atom stereocenters. The fourth-order valence-corrected chi connectivity index (χ4v) is 4.38. The zero-order valence-electron chi connectivity index (χ0n) is 26.5. The summed E-state index contributed by atoms with van der Waals surface area (Å²) in [6, 6.07) is -7.80. The Balaban J connectivity index is 6.12. The molecule has 0 aromatic carbocycles. The molecule has 276 valence electrons. The summed E-state index contributed by atoms with van der Waals surface area (Å²) in [7, 11) is 0. The number of carbonyl (C=O) groups excluding carboxylic acids is 5. The summed E-state index contributed by atoms with van der Waals surface area (Å²) in [4.78, 5) is 120.